The molecule has 7 aromatic carbocycles. The maximum absolute atomic E-state index is 2.47. The highest BCUT2D eigenvalue weighted by Crippen LogP contribution is 2.41. The standard InChI is InChI=1S/C42H26N2/c1-2-11-28-24-30(21-20-27(28)10-1)29-12-9-13-31(25-29)43-38-18-7-6-17-35(38)36-22-23-40-37(42(36)43)26-41-34-16-4-3-14-32(34)33-15-5-8-19-39(33)44(40)41/h1-26H. The Morgan fingerprint density at radius 2 is 0.955 bits per heavy atom. The van der Waals surface area contributed by atoms with Gasteiger partial charge in [0.25, 0.3) is 0 Å². The average Bonchev–Trinajstić information content (AvgIpc) is 3.65. The van der Waals surface area contributed by atoms with Gasteiger partial charge in [0.2, 0.25) is 0 Å². The van der Waals surface area contributed by atoms with E-state index in [1.165, 1.54) is 87.5 Å². The largest absolute Gasteiger partial charge is 0.309 e. The van der Waals surface area contributed by atoms with E-state index in [0.717, 1.165) is 0 Å². The van der Waals surface area contributed by atoms with E-state index in [0.29, 0.717) is 0 Å². The van der Waals surface area contributed by atoms with Gasteiger partial charge in [-0.25, -0.2) is 0 Å². The lowest BCUT2D eigenvalue weighted by Gasteiger charge is -2.12. The zero-order valence-corrected chi connectivity index (χ0v) is 23.9. The Morgan fingerprint density at radius 1 is 0.318 bits per heavy atom. The number of rotatable bonds is 2. The van der Waals surface area contributed by atoms with Crippen LogP contribution < -0.4 is 0 Å². The maximum atomic E-state index is 2.47. The van der Waals surface area contributed by atoms with Crippen molar-refractivity contribution in [2.75, 3.05) is 0 Å². The summed E-state index contributed by atoms with van der Waals surface area (Å²) in [7, 11) is 0. The quantitative estimate of drug-likeness (QED) is 0.187. The molecule has 0 amide bonds. The van der Waals surface area contributed by atoms with Gasteiger partial charge in [0.1, 0.15) is 0 Å². The Labute approximate surface area is 253 Å². The van der Waals surface area contributed by atoms with E-state index in [-0.39, 0.29) is 0 Å². The number of benzene rings is 7. The Bertz CT molecular complexity index is 2780. The van der Waals surface area contributed by atoms with Gasteiger partial charge >= 0.3 is 0 Å². The van der Waals surface area contributed by atoms with Crippen molar-refractivity contribution in [1.82, 2.24) is 8.97 Å². The first-order valence-electron chi connectivity index (χ1n) is 15.2. The molecule has 0 aliphatic heterocycles. The van der Waals surface area contributed by atoms with E-state index in [1.807, 2.05) is 0 Å². The maximum Gasteiger partial charge on any atom is 0.0635 e. The van der Waals surface area contributed by atoms with Crippen molar-refractivity contribution in [3.05, 3.63) is 158 Å². The van der Waals surface area contributed by atoms with Gasteiger partial charge < -0.3 is 8.97 Å². The lowest BCUT2D eigenvalue weighted by Crippen LogP contribution is -1.95. The van der Waals surface area contributed by atoms with Gasteiger partial charge in [0.15, 0.2) is 0 Å². The number of hydrogen-bond acceptors (Lipinski definition) is 0. The molecule has 2 heteroatoms. The van der Waals surface area contributed by atoms with Gasteiger partial charge in [-0.05, 0) is 69.8 Å². The highest BCUT2D eigenvalue weighted by molar-refractivity contribution is 6.22. The molecule has 0 bridgehead atoms. The van der Waals surface area contributed by atoms with Crippen molar-refractivity contribution >= 4 is 70.7 Å². The van der Waals surface area contributed by atoms with Crippen LogP contribution in [-0.4, -0.2) is 8.97 Å². The third kappa shape index (κ3) is 3.20. The predicted molar refractivity (Wildman–Crippen MR) is 187 cm³/mol. The number of aromatic nitrogens is 2. The van der Waals surface area contributed by atoms with Crippen LogP contribution in [0.1, 0.15) is 0 Å². The van der Waals surface area contributed by atoms with Crippen molar-refractivity contribution in [1.29, 1.82) is 0 Å². The lowest BCUT2D eigenvalue weighted by molar-refractivity contribution is 1.19. The molecule has 0 fully saturated rings. The van der Waals surface area contributed by atoms with Crippen LogP contribution in [0, 0.1) is 0 Å². The Hall–Kier alpha value is -5.86. The summed E-state index contributed by atoms with van der Waals surface area (Å²) in [5.41, 5.74) is 9.77. The Balaban J connectivity index is 1.33. The molecule has 0 radical (unpaired) electrons. The van der Waals surface area contributed by atoms with Gasteiger partial charge in [-0.3, -0.25) is 0 Å². The molecule has 0 saturated carbocycles. The van der Waals surface area contributed by atoms with Gasteiger partial charge in [-0.15, -0.1) is 0 Å². The topological polar surface area (TPSA) is 9.34 Å². The molecule has 3 aromatic heterocycles. The summed E-state index contributed by atoms with van der Waals surface area (Å²) in [5, 5.41) is 10.2. The summed E-state index contributed by atoms with van der Waals surface area (Å²) < 4.78 is 4.93. The predicted octanol–water partition coefficient (Wildman–Crippen LogP) is 11.3. The molecule has 10 aromatic rings. The second-order valence-electron chi connectivity index (χ2n) is 11.8. The molecule has 0 N–H and O–H groups in total. The average molecular weight is 559 g/mol. The molecule has 0 aliphatic carbocycles. The number of hydrogen-bond donors (Lipinski definition) is 0. The van der Waals surface area contributed by atoms with Crippen LogP contribution in [0.3, 0.4) is 0 Å². The lowest BCUT2D eigenvalue weighted by atomic mass is 10.0. The molecule has 0 spiro atoms. The van der Waals surface area contributed by atoms with E-state index in [9.17, 15) is 0 Å². The molecule has 44 heavy (non-hydrogen) atoms. The third-order valence-corrected chi connectivity index (χ3v) is 9.44. The van der Waals surface area contributed by atoms with E-state index >= 15 is 0 Å². The molecule has 204 valence electrons. The summed E-state index contributed by atoms with van der Waals surface area (Å²) in [4.78, 5) is 0. The minimum Gasteiger partial charge on any atom is -0.309 e. The zero-order chi connectivity index (χ0) is 28.8. The van der Waals surface area contributed by atoms with E-state index in [4.69, 9.17) is 0 Å². The van der Waals surface area contributed by atoms with E-state index < -0.39 is 0 Å². The Morgan fingerprint density at radius 3 is 1.80 bits per heavy atom. The monoisotopic (exact) mass is 558 g/mol. The van der Waals surface area contributed by atoms with Crippen molar-refractivity contribution in [2.24, 2.45) is 0 Å². The summed E-state index contributed by atoms with van der Waals surface area (Å²) in [6, 6.07) is 57.8. The third-order valence-electron chi connectivity index (χ3n) is 9.44. The van der Waals surface area contributed by atoms with Gasteiger partial charge in [0.05, 0.1) is 27.6 Å². The molecular formula is C42H26N2. The van der Waals surface area contributed by atoms with Gasteiger partial charge in [-0.2, -0.15) is 0 Å². The SMILES string of the molecule is c1cc(-c2ccc3ccccc3c2)cc(-n2c3ccccc3c3ccc4c(cc5c6ccccc6c6ccccc6n54)c32)c1. The fraction of sp³-hybridized carbons (Fsp3) is 0. The Kier molecular flexibility index (Phi) is 4.75. The zero-order valence-electron chi connectivity index (χ0n) is 23.9. The van der Waals surface area contributed by atoms with Crippen molar-refractivity contribution in [2.45, 2.75) is 0 Å². The fourth-order valence-electron chi connectivity index (χ4n) is 7.50. The van der Waals surface area contributed by atoms with Crippen molar-refractivity contribution in [3.8, 4) is 16.8 Å². The van der Waals surface area contributed by atoms with Gasteiger partial charge in [0, 0.05) is 32.6 Å². The summed E-state index contributed by atoms with van der Waals surface area (Å²) in [6.07, 6.45) is 0. The molecule has 3 heterocycles. The molecule has 0 aliphatic rings. The highest BCUT2D eigenvalue weighted by atomic mass is 15.0. The minimum atomic E-state index is 1.17. The van der Waals surface area contributed by atoms with E-state index in [1.54, 1.807) is 0 Å². The second-order valence-corrected chi connectivity index (χ2v) is 11.8. The first kappa shape index (κ1) is 23.7. The normalized spacial score (nSPS) is 12.1. The molecular weight excluding hydrogens is 532 g/mol. The summed E-state index contributed by atoms with van der Waals surface area (Å²) >= 11 is 0. The number of fused-ring (bicyclic) bond motifs is 13. The van der Waals surface area contributed by atoms with Crippen molar-refractivity contribution < 1.29 is 0 Å². The molecule has 0 atom stereocenters. The molecule has 10 rings (SSSR count). The number of para-hydroxylation sites is 2. The first-order valence-corrected chi connectivity index (χ1v) is 15.2. The summed E-state index contributed by atoms with van der Waals surface area (Å²) in [5.74, 6) is 0. The van der Waals surface area contributed by atoms with Crippen LogP contribution >= 0.6 is 0 Å². The second kappa shape index (κ2) is 8.82. The van der Waals surface area contributed by atoms with Gasteiger partial charge in [-0.1, -0.05) is 115 Å². The first-order chi connectivity index (χ1) is 21.8. The molecule has 0 saturated heterocycles. The van der Waals surface area contributed by atoms with Crippen LogP contribution in [0.25, 0.3) is 87.5 Å². The van der Waals surface area contributed by atoms with E-state index in [2.05, 4.69) is 167 Å². The fourth-order valence-corrected chi connectivity index (χ4v) is 7.50. The van der Waals surface area contributed by atoms with Crippen LogP contribution in [0.4, 0.5) is 0 Å². The van der Waals surface area contributed by atoms with Crippen LogP contribution in [0.5, 0.6) is 0 Å². The van der Waals surface area contributed by atoms with Crippen LogP contribution in [0.15, 0.2) is 158 Å². The number of nitrogens with zero attached hydrogens (tertiary/aromatic N) is 2. The highest BCUT2D eigenvalue weighted by Gasteiger charge is 2.19. The minimum absolute atomic E-state index is 1.17. The summed E-state index contributed by atoms with van der Waals surface area (Å²) in [6.45, 7) is 0. The molecule has 0 unspecified atom stereocenters. The number of pyridine rings is 1. The van der Waals surface area contributed by atoms with Crippen LogP contribution in [-0.2, 0) is 0 Å². The van der Waals surface area contributed by atoms with Crippen molar-refractivity contribution in [3.63, 3.8) is 0 Å². The smallest absolute Gasteiger partial charge is 0.0635 e. The van der Waals surface area contributed by atoms with Crippen LogP contribution in [0.2, 0.25) is 0 Å². The molecule has 2 nitrogen and oxygen atoms in total.